The third-order valence-electron chi connectivity index (χ3n) is 2.89. The predicted molar refractivity (Wildman–Crippen MR) is 63.4 cm³/mol. The standard InChI is InChI=1S/C13H14O4/c1-3-9(13(14)15)11-7-17-12-6-8(16-2)4-5-10(11)12/h4-7,9H,3H2,1-2H3,(H,14,15). The average Bonchev–Trinajstić information content (AvgIpc) is 2.73. The molecule has 0 amide bonds. The Hall–Kier alpha value is -1.97. The van der Waals surface area contributed by atoms with Crippen LogP contribution < -0.4 is 4.74 Å². The highest BCUT2D eigenvalue weighted by Crippen LogP contribution is 2.31. The summed E-state index contributed by atoms with van der Waals surface area (Å²) in [5.41, 5.74) is 1.37. The van der Waals surface area contributed by atoms with Crippen molar-refractivity contribution in [1.82, 2.24) is 0 Å². The van der Waals surface area contributed by atoms with Crippen molar-refractivity contribution in [3.8, 4) is 5.75 Å². The van der Waals surface area contributed by atoms with Gasteiger partial charge in [0, 0.05) is 17.0 Å². The summed E-state index contributed by atoms with van der Waals surface area (Å²) in [5.74, 6) is -0.655. The van der Waals surface area contributed by atoms with Gasteiger partial charge in [-0.1, -0.05) is 6.92 Å². The van der Waals surface area contributed by atoms with Gasteiger partial charge in [0.1, 0.15) is 11.3 Å². The van der Waals surface area contributed by atoms with E-state index in [-0.39, 0.29) is 0 Å². The van der Waals surface area contributed by atoms with Crippen LogP contribution in [0.2, 0.25) is 0 Å². The molecule has 1 N–H and O–H groups in total. The van der Waals surface area contributed by atoms with E-state index in [1.807, 2.05) is 13.0 Å². The molecule has 2 rings (SSSR count). The largest absolute Gasteiger partial charge is 0.497 e. The van der Waals surface area contributed by atoms with E-state index in [9.17, 15) is 4.79 Å². The van der Waals surface area contributed by atoms with Gasteiger partial charge in [-0.3, -0.25) is 4.79 Å². The summed E-state index contributed by atoms with van der Waals surface area (Å²) in [6.07, 6.45) is 2.06. The molecule has 0 saturated heterocycles. The fourth-order valence-corrected chi connectivity index (χ4v) is 1.95. The monoisotopic (exact) mass is 234 g/mol. The van der Waals surface area contributed by atoms with E-state index in [4.69, 9.17) is 14.3 Å². The minimum atomic E-state index is -0.828. The van der Waals surface area contributed by atoms with Crippen molar-refractivity contribution < 1.29 is 19.1 Å². The summed E-state index contributed by atoms with van der Waals surface area (Å²) < 4.78 is 10.5. The number of aliphatic carboxylic acids is 1. The number of carboxylic acids is 1. The molecule has 0 saturated carbocycles. The molecule has 1 heterocycles. The molecular formula is C13H14O4. The number of methoxy groups -OCH3 is 1. The van der Waals surface area contributed by atoms with Gasteiger partial charge in [0.05, 0.1) is 19.3 Å². The van der Waals surface area contributed by atoms with E-state index < -0.39 is 11.9 Å². The van der Waals surface area contributed by atoms with E-state index in [0.29, 0.717) is 17.8 Å². The molecule has 4 nitrogen and oxygen atoms in total. The molecule has 1 aromatic carbocycles. The molecule has 1 aromatic heterocycles. The SMILES string of the molecule is CCC(C(=O)O)c1coc2cc(OC)ccc12. The number of carboxylic acid groups (broad SMARTS) is 1. The lowest BCUT2D eigenvalue weighted by molar-refractivity contribution is -0.138. The van der Waals surface area contributed by atoms with E-state index in [2.05, 4.69) is 0 Å². The Morgan fingerprint density at radius 2 is 2.29 bits per heavy atom. The zero-order chi connectivity index (χ0) is 12.4. The van der Waals surface area contributed by atoms with Crippen LogP contribution in [0.5, 0.6) is 5.75 Å². The Kier molecular flexibility index (Phi) is 3.04. The van der Waals surface area contributed by atoms with E-state index in [0.717, 1.165) is 10.9 Å². The molecular weight excluding hydrogens is 220 g/mol. The maximum absolute atomic E-state index is 11.1. The van der Waals surface area contributed by atoms with Crippen LogP contribution >= 0.6 is 0 Å². The maximum atomic E-state index is 11.1. The first-order valence-electron chi connectivity index (χ1n) is 5.45. The molecule has 0 bridgehead atoms. The average molecular weight is 234 g/mol. The smallest absolute Gasteiger partial charge is 0.311 e. The number of carbonyl (C=O) groups is 1. The maximum Gasteiger partial charge on any atom is 0.311 e. The van der Waals surface area contributed by atoms with E-state index in [1.165, 1.54) is 6.26 Å². The van der Waals surface area contributed by atoms with Crippen LogP contribution in [0.25, 0.3) is 11.0 Å². The lowest BCUT2D eigenvalue weighted by Crippen LogP contribution is -2.09. The third kappa shape index (κ3) is 1.98. The highest BCUT2D eigenvalue weighted by molar-refractivity contribution is 5.88. The van der Waals surface area contributed by atoms with E-state index in [1.54, 1.807) is 19.2 Å². The van der Waals surface area contributed by atoms with Gasteiger partial charge >= 0.3 is 5.97 Å². The topological polar surface area (TPSA) is 59.7 Å². The first-order chi connectivity index (χ1) is 8.17. The zero-order valence-electron chi connectivity index (χ0n) is 9.77. The normalized spacial score (nSPS) is 12.6. The second kappa shape index (κ2) is 4.49. The molecule has 1 unspecified atom stereocenters. The molecule has 0 radical (unpaired) electrons. The minimum absolute atomic E-state index is 0.523. The van der Waals surface area contributed by atoms with E-state index >= 15 is 0 Å². The molecule has 17 heavy (non-hydrogen) atoms. The van der Waals surface area contributed by atoms with Crippen LogP contribution in [-0.2, 0) is 4.79 Å². The Bertz CT molecular complexity index is 541. The van der Waals surface area contributed by atoms with Crippen LogP contribution in [-0.4, -0.2) is 18.2 Å². The van der Waals surface area contributed by atoms with Gasteiger partial charge < -0.3 is 14.3 Å². The highest BCUT2D eigenvalue weighted by atomic mass is 16.5. The summed E-state index contributed by atoms with van der Waals surface area (Å²) in [6, 6.07) is 5.39. The van der Waals surface area contributed by atoms with Crippen molar-refractivity contribution in [3.05, 3.63) is 30.0 Å². The van der Waals surface area contributed by atoms with Gasteiger partial charge in [-0.2, -0.15) is 0 Å². The Morgan fingerprint density at radius 1 is 1.53 bits per heavy atom. The molecule has 0 fully saturated rings. The number of benzene rings is 1. The Morgan fingerprint density at radius 3 is 2.88 bits per heavy atom. The van der Waals surface area contributed by atoms with Crippen LogP contribution in [0.15, 0.2) is 28.9 Å². The second-order valence-corrected chi connectivity index (χ2v) is 3.85. The summed E-state index contributed by atoms with van der Waals surface area (Å²) in [7, 11) is 1.58. The van der Waals surface area contributed by atoms with Gasteiger partial charge in [0.15, 0.2) is 0 Å². The fraction of sp³-hybridized carbons (Fsp3) is 0.308. The zero-order valence-corrected chi connectivity index (χ0v) is 9.77. The number of hydrogen-bond donors (Lipinski definition) is 1. The van der Waals surface area contributed by atoms with Gasteiger partial charge in [0.2, 0.25) is 0 Å². The van der Waals surface area contributed by atoms with Gasteiger partial charge in [-0.15, -0.1) is 0 Å². The highest BCUT2D eigenvalue weighted by Gasteiger charge is 2.22. The molecule has 0 aliphatic rings. The molecule has 0 aliphatic carbocycles. The Labute approximate surface area is 98.8 Å². The van der Waals surface area contributed by atoms with Gasteiger partial charge in [0.25, 0.3) is 0 Å². The number of hydrogen-bond acceptors (Lipinski definition) is 3. The molecule has 1 atom stereocenters. The van der Waals surface area contributed by atoms with Crippen LogP contribution in [0.3, 0.4) is 0 Å². The molecule has 0 aliphatic heterocycles. The van der Waals surface area contributed by atoms with Crippen molar-refractivity contribution in [2.45, 2.75) is 19.3 Å². The summed E-state index contributed by atoms with van der Waals surface area (Å²) in [6.45, 7) is 1.85. The first kappa shape index (κ1) is 11.5. The van der Waals surface area contributed by atoms with Gasteiger partial charge in [-0.25, -0.2) is 0 Å². The molecule has 0 spiro atoms. The lowest BCUT2D eigenvalue weighted by Gasteiger charge is -2.07. The molecule has 90 valence electrons. The van der Waals surface area contributed by atoms with Crippen molar-refractivity contribution in [2.75, 3.05) is 7.11 Å². The Balaban J connectivity index is 2.52. The number of ether oxygens (including phenoxy) is 1. The van der Waals surface area contributed by atoms with Crippen molar-refractivity contribution >= 4 is 16.9 Å². The van der Waals surface area contributed by atoms with Crippen LogP contribution in [0.1, 0.15) is 24.8 Å². The second-order valence-electron chi connectivity index (χ2n) is 3.85. The molecule has 4 heteroatoms. The van der Waals surface area contributed by atoms with Crippen molar-refractivity contribution in [2.24, 2.45) is 0 Å². The predicted octanol–water partition coefficient (Wildman–Crippen LogP) is 3.02. The van der Waals surface area contributed by atoms with Crippen LogP contribution in [0, 0.1) is 0 Å². The quantitative estimate of drug-likeness (QED) is 0.883. The van der Waals surface area contributed by atoms with Crippen molar-refractivity contribution in [1.29, 1.82) is 0 Å². The first-order valence-corrected chi connectivity index (χ1v) is 5.45. The minimum Gasteiger partial charge on any atom is -0.497 e. The molecule has 2 aromatic rings. The number of fused-ring (bicyclic) bond motifs is 1. The summed E-state index contributed by atoms with van der Waals surface area (Å²) in [5, 5.41) is 9.97. The van der Waals surface area contributed by atoms with Crippen molar-refractivity contribution in [3.63, 3.8) is 0 Å². The number of furan rings is 1. The number of rotatable bonds is 4. The van der Waals surface area contributed by atoms with Gasteiger partial charge in [-0.05, 0) is 18.6 Å². The summed E-state index contributed by atoms with van der Waals surface area (Å²) >= 11 is 0. The fourth-order valence-electron chi connectivity index (χ4n) is 1.95. The third-order valence-corrected chi connectivity index (χ3v) is 2.89. The van der Waals surface area contributed by atoms with Crippen LogP contribution in [0.4, 0.5) is 0 Å². The summed E-state index contributed by atoms with van der Waals surface area (Å²) in [4.78, 5) is 11.1. The lowest BCUT2D eigenvalue weighted by atomic mass is 9.96.